The summed E-state index contributed by atoms with van der Waals surface area (Å²) in [5, 5.41) is 0.812. The summed E-state index contributed by atoms with van der Waals surface area (Å²) in [5.74, 6) is 0.701. The molecule has 2 aromatic carbocycles. The molecule has 0 fully saturated rings. The van der Waals surface area contributed by atoms with Crippen LogP contribution in [0.15, 0.2) is 57.7 Å². The highest BCUT2D eigenvalue weighted by Crippen LogP contribution is 2.27. The lowest BCUT2D eigenvalue weighted by atomic mass is 10.1. The number of carbonyl (C=O) groups excluding carboxylic acids is 1. The summed E-state index contributed by atoms with van der Waals surface area (Å²) in [6.45, 7) is 4.07. The Bertz CT molecular complexity index is 1000. The Morgan fingerprint density at radius 3 is 2.59 bits per heavy atom. The lowest BCUT2D eigenvalue weighted by Gasteiger charge is -2.11. The van der Waals surface area contributed by atoms with Gasteiger partial charge in [0.05, 0.1) is 6.61 Å². The summed E-state index contributed by atoms with van der Waals surface area (Å²) in [6.07, 6.45) is 0.850. The fourth-order valence-electron chi connectivity index (χ4n) is 2.56. The molecule has 0 unspecified atom stereocenters. The van der Waals surface area contributed by atoms with Crippen molar-refractivity contribution in [3.63, 3.8) is 0 Å². The van der Waals surface area contributed by atoms with Crippen molar-refractivity contribution >= 4 is 16.9 Å². The zero-order chi connectivity index (χ0) is 19.2. The van der Waals surface area contributed by atoms with Crippen LogP contribution in [0.3, 0.4) is 0 Å². The Kier molecular flexibility index (Phi) is 5.76. The van der Waals surface area contributed by atoms with Crippen LogP contribution in [0.2, 0.25) is 0 Å². The fourth-order valence-corrected chi connectivity index (χ4v) is 2.56. The van der Waals surface area contributed by atoms with E-state index in [2.05, 4.69) is 0 Å². The number of hydrogen-bond donors (Lipinski definition) is 0. The minimum absolute atomic E-state index is 0.288. The highest BCUT2D eigenvalue weighted by molar-refractivity contribution is 5.81. The first kappa shape index (κ1) is 18.5. The van der Waals surface area contributed by atoms with E-state index in [9.17, 15) is 9.59 Å². The average Bonchev–Trinajstić information content (AvgIpc) is 2.65. The number of fused-ring (bicyclic) bond motifs is 1. The Hall–Kier alpha value is -3.28. The summed E-state index contributed by atoms with van der Waals surface area (Å²) in [4.78, 5) is 23.6. The van der Waals surface area contributed by atoms with E-state index in [4.69, 9.17) is 18.6 Å². The number of rotatable bonds is 7. The molecular weight excluding hydrogens is 348 g/mol. The van der Waals surface area contributed by atoms with Crippen molar-refractivity contribution in [1.82, 2.24) is 0 Å². The quantitative estimate of drug-likeness (QED) is 0.358. The molecule has 1 aromatic heterocycles. The SMILES string of the molecule is CCCOc1ccccc1OC(=O)COc1ccc2c(C)cc(=O)oc2c1. The molecule has 0 N–H and O–H groups in total. The Morgan fingerprint density at radius 1 is 1.04 bits per heavy atom. The molecule has 0 saturated carbocycles. The standard InChI is InChI=1S/C21H20O6/c1-3-10-24-17-6-4-5-7-18(17)26-21(23)13-25-15-8-9-16-14(2)11-20(22)27-19(16)12-15/h4-9,11-12H,3,10,13H2,1-2H3. The van der Waals surface area contributed by atoms with Crippen LogP contribution in [-0.2, 0) is 4.79 Å². The zero-order valence-corrected chi connectivity index (χ0v) is 15.2. The lowest BCUT2D eigenvalue weighted by Crippen LogP contribution is -2.18. The maximum atomic E-state index is 12.1. The summed E-state index contributed by atoms with van der Waals surface area (Å²) in [5.41, 5.74) is 0.792. The molecule has 6 heteroatoms. The van der Waals surface area contributed by atoms with Crippen LogP contribution in [0.5, 0.6) is 17.2 Å². The number of benzene rings is 2. The maximum Gasteiger partial charge on any atom is 0.349 e. The van der Waals surface area contributed by atoms with Gasteiger partial charge in [-0.25, -0.2) is 9.59 Å². The van der Waals surface area contributed by atoms with Crippen LogP contribution < -0.4 is 19.8 Å². The van der Waals surface area contributed by atoms with Crippen LogP contribution >= 0.6 is 0 Å². The van der Waals surface area contributed by atoms with Gasteiger partial charge in [-0.15, -0.1) is 0 Å². The van der Waals surface area contributed by atoms with Crippen LogP contribution in [0.1, 0.15) is 18.9 Å². The molecular formula is C21H20O6. The molecule has 0 bridgehead atoms. The minimum Gasteiger partial charge on any atom is -0.490 e. The van der Waals surface area contributed by atoms with Gasteiger partial charge in [0.1, 0.15) is 11.3 Å². The molecule has 3 aromatic rings. The molecule has 0 spiro atoms. The van der Waals surface area contributed by atoms with Crippen molar-refractivity contribution in [2.24, 2.45) is 0 Å². The van der Waals surface area contributed by atoms with E-state index in [1.807, 2.05) is 19.9 Å². The lowest BCUT2D eigenvalue weighted by molar-refractivity contribution is -0.136. The van der Waals surface area contributed by atoms with Crippen molar-refractivity contribution < 1.29 is 23.4 Å². The number of carbonyl (C=O) groups is 1. The molecule has 1 heterocycles. The molecule has 6 nitrogen and oxygen atoms in total. The first-order chi connectivity index (χ1) is 13.1. The van der Waals surface area contributed by atoms with E-state index in [0.29, 0.717) is 29.4 Å². The summed E-state index contributed by atoms with van der Waals surface area (Å²) >= 11 is 0. The van der Waals surface area contributed by atoms with E-state index in [-0.39, 0.29) is 6.61 Å². The van der Waals surface area contributed by atoms with Crippen LogP contribution in [0, 0.1) is 6.92 Å². The molecule has 3 rings (SSSR count). The number of aryl methyl sites for hydroxylation is 1. The minimum atomic E-state index is -0.562. The van der Waals surface area contributed by atoms with Crippen LogP contribution in [-0.4, -0.2) is 19.2 Å². The van der Waals surface area contributed by atoms with Gasteiger partial charge in [0.15, 0.2) is 18.1 Å². The second-order valence-electron chi connectivity index (χ2n) is 5.96. The average molecular weight is 368 g/mol. The van der Waals surface area contributed by atoms with Gasteiger partial charge >= 0.3 is 11.6 Å². The molecule has 0 aliphatic heterocycles. The third-order valence-electron chi connectivity index (χ3n) is 3.81. The van der Waals surface area contributed by atoms with E-state index < -0.39 is 11.6 Å². The second kappa shape index (κ2) is 8.40. The van der Waals surface area contributed by atoms with Gasteiger partial charge in [0.25, 0.3) is 0 Å². The van der Waals surface area contributed by atoms with Crippen molar-refractivity contribution in [1.29, 1.82) is 0 Å². The number of esters is 1. The van der Waals surface area contributed by atoms with Gasteiger partial charge in [0, 0.05) is 17.5 Å². The first-order valence-corrected chi connectivity index (χ1v) is 8.66. The molecule has 140 valence electrons. The molecule has 0 atom stereocenters. The summed E-state index contributed by atoms with van der Waals surface area (Å²) < 4.78 is 21.5. The second-order valence-corrected chi connectivity index (χ2v) is 5.96. The number of para-hydroxylation sites is 2. The van der Waals surface area contributed by atoms with Crippen molar-refractivity contribution in [2.45, 2.75) is 20.3 Å². The van der Waals surface area contributed by atoms with Gasteiger partial charge in [0.2, 0.25) is 0 Å². The highest BCUT2D eigenvalue weighted by Gasteiger charge is 2.11. The summed E-state index contributed by atoms with van der Waals surface area (Å²) in [6, 6.07) is 13.5. The van der Waals surface area contributed by atoms with Gasteiger partial charge in [-0.3, -0.25) is 0 Å². The maximum absolute atomic E-state index is 12.1. The predicted octanol–water partition coefficient (Wildman–Crippen LogP) is 3.87. The Balaban J connectivity index is 1.66. The molecule has 0 amide bonds. The van der Waals surface area contributed by atoms with Gasteiger partial charge in [-0.05, 0) is 43.2 Å². The van der Waals surface area contributed by atoms with E-state index in [0.717, 1.165) is 17.4 Å². The monoisotopic (exact) mass is 368 g/mol. The smallest absolute Gasteiger partial charge is 0.349 e. The third kappa shape index (κ3) is 4.67. The van der Waals surface area contributed by atoms with Gasteiger partial charge in [-0.2, -0.15) is 0 Å². The van der Waals surface area contributed by atoms with Crippen molar-refractivity contribution in [2.75, 3.05) is 13.2 Å². The molecule has 0 radical (unpaired) electrons. The normalized spacial score (nSPS) is 10.6. The van der Waals surface area contributed by atoms with Crippen LogP contribution in [0.25, 0.3) is 11.0 Å². The third-order valence-corrected chi connectivity index (χ3v) is 3.81. The Morgan fingerprint density at radius 2 is 1.81 bits per heavy atom. The van der Waals surface area contributed by atoms with Crippen molar-refractivity contribution in [3.8, 4) is 17.2 Å². The molecule has 0 saturated heterocycles. The fraction of sp³-hybridized carbons (Fsp3) is 0.238. The topological polar surface area (TPSA) is 75.0 Å². The van der Waals surface area contributed by atoms with E-state index in [1.54, 1.807) is 36.4 Å². The summed E-state index contributed by atoms with van der Waals surface area (Å²) in [7, 11) is 0. The molecule has 0 aliphatic carbocycles. The first-order valence-electron chi connectivity index (χ1n) is 8.66. The molecule has 0 aliphatic rings. The van der Waals surface area contributed by atoms with E-state index >= 15 is 0 Å². The molecule has 27 heavy (non-hydrogen) atoms. The van der Waals surface area contributed by atoms with Crippen molar-refractivity contribution in [3.05, 3.63) is 64.5 Å². The van der Waals surface area contributed by atoms with Crippen LogP contribution in [0.4, 0.5) is 0 Å². The number of hydrogen-bond acceptors (Lipinski definition) is 6. The predicted molar refractivity (Wildman–Crippen MR) is 101 cm³/mol. The van der Waals surface area contributed by atoms with Gasteiger partial charge < -0.3 is 18.6 Å². The Labute approximate surface area is 156 Å². The zero-order valence-electron chi connectivity index (χ0n) is 15.2. The highest BCUT2D eigenvalue weighted by atomic mass is 16.6. The van der Waals surface area contributed by atoms with E-state index in [1.165, 1.54) is 6.07 Å². The number of ether oxygens (including phenoxy) is 3. The van der Waals surface area contributed by atoms with Gasteiger partial charge in [-0.1, -0.05) is 19.1 Å². The largest absolute Gasteiger partial charge is 0.490 e.